The average molecular weight is 302 g/mol. The maximum Gasteiger partial charge on any atom is 0.139 e. The smallest absolute Gasteiger partial charge is 0.139 e. The number of hydrogen-bond donors (Lipinski definition) is 1. The summed E-state index contributed by atoms with van der Waals surface area (Å²) in [6.45, 7) is 5.58. The molecule has 1 N–H and O–H groups in total. The molecule has 0 amide bonds. The van der Waals surface area contributed by atoms with Gasteiger partial charge in [-0.3, -0.25) is 0 Å². The van der Waals surface area contributed by atoms with Gasteiger partial charge in [-0.1, -0.05) is 36.5 Å². The highest BCUT2D eigenvalue weighted by Crippen LogP contribution is 2.42. The van der Waals surface area contributed by atoms with E-state index < -0.39 is 0 Å². The lowest BCUT2D eigenvalue weighted by Gasteiger charge is -2.35. The molecule has 0 radical (unpaired) electrons. The number of nitrogens with one attached hydrogen (secondary N) is 1. The molecule has 1 aliphatic carbocycles. The van der Waals surface area contributed by atoms with E-state index in [0.717, 1.165) is 17.1 Å². The van der Waals surface area contributed by atoms with Gasteiger partial charge in [-0.05, 0) is 43.9 Å². The molecule has 0 bridgehead atoms. The van der Waals surface area contributed by atoms with Gasteiger partial charge in [0.05, 0.1) is 11.6 Å². The molecule has 1 unspecified atom stereocenters. The molecule has 19 heavy (non-hydrogen) atoms. The Morgan fingerprint density at radius 2 is 2.00 bits per heavy atom. The predicted octanol–water partition coefficient (Wildman–Crippen LogP) is 4.84. The van der Waals surface area contributed by atoms with Crippen molar-refractivity contribution in [3.63, 3.8) is 0 Å². The zero-order valence-corrected chi connectivity index (χ0v) is 13.0. The van der Waals surface area contributed by atoms with Crippen LogP contribution in [-0.4, -0.2) is 13.2 Å². The number of rotatable bonds is 6. The Balaban J connectivity index is 2.28. The first-order chi connectivity index (χ1) is 9.17. The molecule has 1 aromatic rings. The van der Waals surface area contributed by atoms with Crippen LogP contribution >= 0.6 is 23.2 Å². The molecule has 0 spiro atoms. The van der Waals surface area contributed by atoms with E-state index in [1.54, 1.807) is 0 Å². The third-order valence-electron chi connectivity index (χ3n) is 3.73. The highest BCUT2D eigenvalue weighted by Gasteiger charge is 2.29. The topological polar surface area (TPSA) is 21.3 Å². The van der Waals surface area contributed by atoms with Crippen LogP contribution in [0.25, 0.3) is 0 Å². The Kier molecular flexibility index (Phi) is 5.37. The van der Waals surface area contributed by atoms with Crippen molar-refractivity contribution in [3.8, 4) is 5.75 Å². The fourth-order valence-electron chi connectivity index (χ4n) is 2.57. The number of hydrogen-bond acceptors (Lipinski definition) is 2. The Morgan fingerprint density at radius 1 is 1.26 bits per heavy atom. The molecule has 1 aliphatic rings. The first-order valence-corrected chi connectivity index (χ1v) is 7.78. The molecule has 1 fully saturated rings. The van der Waals surface area contributed by atoms with Crippen LogP contribution in [0.1, 0.15) is 44.7 Å². The van der Waals surface area contributed by atoms with Crippen molar-refractivity contribution < 1.29 is 4.74 Å². The minimum absolute atomic E-state index is 0.305. The minimum atomic E-state index is 0.305. The monoisotopic (exact) mass is 301 g/mol. The van der Waals surface area contributed by atoms with Crippen molar-refractivity contribution >= 4 is 23.2 Å². The summed E-state index contributed by atoms with van der Waals surface area (Å²) in [5.41, 5.74) is 1.10. The predicted molar refractivity (Wildman–Crippen MR) is 81.4 cm³/mol. The summed E-state index contributed by atoms with van der Waals surface area (Å²) in [6.07, 6.45) is 3.84. The Morgan fingerprint density at radius 3 is 2.53 bits per heavy atom. The van der Waals surface area contributed by atoms with Gasteiger partial charge in [-0.25, -0.2) is 0 Å². The molecule has 1 saturated carbocycles. The molecule has 4 heteroatoms. The van der Waals surface area contributed by atoms with Crippen molar-refractivity contribution in [2.75, 3.05) is 13.2 Å². The second-order valence-corrected chi connectivity index (χ2v) is 5.78. The standard InChI is InChI=1S/C15H21Cl2NO/c1-3-18-15(10-6-5-7-10)11-8-13(17)14(19-4-2)9-12(11)16/h8-10,15,18H,3-7H2,1-2H3. The van der Waals surface area contributed by atoms with Crippen LogP contribution in [-0.2, 0) is 0 Å². The lowest BCUT2D eigenvalue weighted by atomic mass is 9.77. The fourth-order valence-corrected chi connectivity index (χ4v) is 3.07. The Labute approximate surface area is 125 Å². The lowest BCUT2D eigenvalue weighted by molar-refractivity contribution is 0.233. The van der Waals surface area contributed by atoms with Gasteiger partial charge < -0.3 is 10.1 Å². The third-order valence-corrected chi connectivity index (χ3v) is 4.35. The van der Waals surface area contributed by atoms with Crippen LogP contribution < -0.4 is 10.1 Å². The Hall–Kier alpha value is -0.440. The number of ether oxygens (including phenoxy) is 1. The summed E-state index contributed by atoms with van der Waals surface area (Å²) in [5.74, 6) is 1.34. The van der Waals surface area contributed by atoms with E-state index in [0.29, 0.717) is 29.3 Å². The molecule has 0 aromatic heterocycles. The highest BCUT2D eigenvalue weighted by molar-refractivity contribution is 6.34. The van der Waals surface area contributed by atoms with Gasteiger partial charge in [0.1, 0.15) is 5.75 Å². The van der Waals surface area contributed by atoms with Gasteiger partial charge >= 0.3 is 0 Å². The summed E-state index contributed by atoms with van der Waals surface area (Å²) < 4.78 is 5.48. The summed E-state index contributed by atoms with van der Waals surface area (Å²) in [7, 11) is 0. The fraction of sp³-hybridized carbons (Fsp3) is 0.600. The van der Waals surface area contributed by atoms with Gasteiger partial charge in [-0.15, -0.1) is 0 Å². The molecule has 106 valence electrons. The van der Waals surface area contributed by atoms with Gasteiger partial charge in [-0.2, -0.15) is 0 Å². The Bertz CT molecular complexity index is 432. The minimum Gasteiger partial charge on any atom is -0.492 e. The molecule has 0 saturated heterocycles. The summed E-state index contributed by atoms with van der Waals surface area (Å²) in [5, 5.41) is 4.92. The number of benzene rings is 1. The van der Waals surface area contributed by atoms with Crippen molar-refractivity contribution in [3.05, 3.63) is 27.7 Å². The van der Waals surface area contributed by atoms with E-state index in [1.165, 1.54) is 19.3 Å². The van der Waals surface area contributed by atoms with Crippen LogP contribution in [0.2, 0.25) is 10.0 Å². The maximum absolute atomic E-state index is 6.41. The van der Waals surface area contributed by atoms with Gasteiger partial charge in [0.2, 0.25) is 0 Å². The van der Waals surface area contributed by atoms with E-state index in [1.807, 2.05) is 19.1 Å². The van der Waals surface area contributed by atoms with E-state index >= 15 is 0 Å². The SMILES string of the molecule is CCNC(c1cc(Cl)c(OCC)cc1Cl)C1CCC1. The largest absolute Gasteiger partial charge is 0.492 e. The van der Waals surface area contributed by atoms with Crippen LogP contribution in [0.5, 0.6) is 5.75 Å². The third kappa shape index (κ3) is 3.36. The quantitative estimate of drug-likeness (QED) is 0.811. The van der Waals surface area contributed by atoms with Gasteiger partial charge in [0, 0.05) is 17.1 Å². The summed E-state index contributed by atoms with van der Waals surface area (Å²) in [6, 6.07) is 4.10. The second-order valence-electron chi connectivity index (χ2n) is 4.96. The summed E-state index contributed by atoms with van der Waals surface area (Å²) >= 11 is 12.7. The number of halogens is 2. The van der Waals surface area contributed by atoms with E-state index in [9.17, 15) is 0 Å². The van der Waals surface area contributed by atoms with E-state index in [-0.39, 0.29) is 0 Å². The van der Waals surface area contributed by atoms with Crippen molar-refractivity contribution in [1.29, 1.82) is 0 Å². The first kappa shape index (κ1) is 15.0. The molecular formula is C15H21Cl2NO. The normalized spacial score (nSPS) is 17.1. The zero-order valence-electron chi connectivity index (χ0n) is 11.5. The molecule has 1 aromatic carbocycles. The van der Waals surface area contributed by atoms with E-state index in [2.05, 4.69) is 12.2 Å². The van der Waals surface area contributed by atoms with Crippen molar-refractivity contribution in [2.45, 2.75) is 39.2 Å². The molecule has 0 aliphatic heterocycles. The van der Waals surface area contributed by atoms with Crippen LogP contribution in [0.3, 0.4) is 0 Å². The van der Waals surface area contributed by atoms with Crippen molar-refractivity contribution in [2.24, 2.45) is 5.92 Å². The van der Waals surface area contributed by atoms with Gasteiger partial charge in [0.15, 0.2) is 0 Å². The van der Waals surface area contributed by atoms with Crippen LogP contribution in [0.4, 0.5) is 0 Å². The highest BCUT2D eigenvalue weighted by atomic mass is 35.5. The lowest BCUT2D eigenvalue weighted by Crippen LogP contribution is -2.32. The molecule has 2 rings (SSSR count). The van der Waals surface area contributed by atoms with Gasteiger partial charge in [0.25, 0.3) is 0 Å². The van der Waals surface area contributed by atoms with Crippen molar-refractivity contribution in [1.82, 2.24) is 5.32 Å². The van der Waals surface area contributed by atoms with Crippen LogP contribution in [0, 0.1) is 5.92 Å². The molecule has 1 atom stereocenters. The zero-order chi connectivity index (χ0) is 13.8. The molecular weight excluding hydrogens is 281 g/mol. The van der Waals surface area contributed by atoms with E-state index in [4.69, 9.17) is 27.9 Å². The molecule has 0 heterocycles. The maximum atomic E-state index is 6.41. The second kappa shape index (κ2) is 6.83. The average Bonchev–Trinajstić information content (AvgIpc) is 2.31. The van der Waals surface area contributed by atoms with Crippen LogP contribution in [0.15, 0.2) is 12.1 Å². The molecule has 2 nitrogen and oxygen atoms in total. The first-order valence-electron chi connectivity index (χ1n) is 7.02. The summed E-state index contributed by atoms with van der Waals surface area (Å²) in [4.78, 5) is 0.